The van der Waals surface area contributed by atoms with Gasteiger partial charge in [-0.15, -0.1) is 5.10 Å². The maximum Gasteiger partial charge on any atom is 0.269 e. The zero-order valence-electron chi connectivity index (χ0n) is 16.6. The Kier molecular flexibility index (Phi) is 6.31. The lowest BCUT2D eigenvalue weighted by molar-refractivity contribution is -0.384. The standard InChI is InChI=1S/C21H24N6O3/c28-27(29)19-8-6-18(7-9-19)21-22-16-26(23-21)17-25-12-10-24(11-13-25)14-15-30-20-4-2-1-3-5-20/h1-9,16H,10-15,17H2. The Hall–Kier alpha value is -3.30. The minimum atomic E-state index is -0.413. The molecule has 1 saturated heterocycles. The number of nitro benzene ring substituents is 1. The Bertz CT molecular complexity index is 952. The van der Waals surface area contributed by atoms with Crippen molar-refractivity contribution in [2.24, 2.45) is 0 Å². The smallest absolute Gasteiger partial charge is 0.269 e. The Morgan fingerprint density at radius 3 is 2.37 bits per heavy atom. The second-order valence-corrected chi connectivity index (χ2v) is 7.17. The van der Waals surface area contributed by atoms with Gasteiger partial charge in [0.2, 0.25) is 0 Å². The molecule has 0 atom stereocenters. The van der Waals surface area contributed by atoms with E-state index in [0.717, 1.165) is 44.0 Å². The molecule has 1 aromatic heterocycles. The van der Waals surface area contributed by atoms with Gasteiger partial charge < -0.3 is 4.74 Å². The van der Waals surface area contributed by atoms with Gasteiger partial charge in [-0.25, -0.2) is 9.67 Å². The summed E-state index contributed by atoms with van der Waals surface area (Å²) in [5.41, 5.74) is 0.827. The van der Waals surface area contributed by atoms with Crippen LogP contribution in [0.15, 0.2) is 60.9 Å². The summed E-state index contributed by atoms with van der Waals surface area (Å²) < 4.78 is 7.59. The average molecular weight is 408 g/mol. The summed E-state index contributed by atoms with van der Waals surface area (Å²) in [4.78, 5) is 19.4. The number of hydrogen-bond donors (Lipinski definition) is 0. The molecular formula is C21H24N6O3. The van der Waals surface area contributed by atoms with Crippen molar-refractivity contribution in [1.29, 1.82) is 0 Å². The number of para-hydroxylation sites is 1. The van der Waals surface area contributed by atoms with Crippen LogP contribution in [0.2, 0.25) is 0 Å². The van der Waals surface area contributed by atoms with Crippen molar-refractivity contribution in [2.45, 2.75) is 6.67 Å². The summed E-state index contributed by atoms with van der Waals surface area (Å²) in [6.07, 6.45) is 1.71. The van der Waals surface area contributed by atoms with Crippen LogP contribution in [0.1, 0.15) is 0 Å². The van der Waals surface area contributed by atoms with Crippen LogP contribution < -0.4 is 4.74 Å². The first-order valence-electron chi connectivity index (χ1n) is 9.94. The van der Waals surface area contributed by atoms with Crippen LogP contribution in [-0.4, -0.2) is 68.8 Å². The molecule has 2 heterocycles. The van der Waals surface area contributed by atoms with E-state index in [2.05, 4.69) is 19.9 Å². The van der Waals surface area contributed by atoms with Crippen LogP contribution in [0.3, 0.4) is 0 Å². The molecule has 1 aliphatic heterocycles. The summed E-state index contributed by atoms with van der Waals surface area (Å²) in [5.74, 6) is 1.48. The minimum absolute atomic E-state index is 0.0604. The van der Waals surface area contributed by atoms with E-state index in [4.69, 9.17) is 4.74 Å². The summed E-state index contributed by atoms with van der Waals surface area (Å²) in [5, 5.41) is 15.3. The van der Waals surface area contributed by atoms with E-state index in [0.29, 0.717) is 19.1 Å². The van der Waals surface area contributed by atoms with Gasteiger partial charge in [0.05, 0.1) is 11.6 Å². The molecule has 0 bridgehead atoms. The van der Waals surface area contributed by atoms with Gasteiger partial charge in [0.25, 0.3) is 5.69 Å². The fourth-order valence-electron chi connectivity index (χ4n) is 3.40. The highest BCUT2D eigenvalue weighted by atomic mass is 16.6. The largest absolute Gasteiger partial charge is 0.492 e. The van der Waals surface area contributed by atoms with Crippen molar-refractivity contribution in [3.8, 4) is 17.1 Å². The van der Waals surface area contributed by atoms with E-state index in [1.54, 1.807) is 18.5 Å². The SMILES string of the molecule is O=[N+]([O-])c1ccc(-c2ncn(CN3CCN(CCOc4ccccc4)CC3)n2)cc1. The summed E-state index contributed by atoms with van der Waals surface area (Å²) in [6, 6.07) is 16.2. The van der Waals surface area contributed by atoms with Crippen LogP contribution >= 0.6 is 0 Å². The molecule has 4 rings (SSSR count). The second-order valence-electron chi connectivity index (χ2n) is 7.17. The summed E-state index contributed by atoms with van der Waals surface area (Å²) >= 11 is 0. The Balaban J connectivity index is 1.22. The molecule has 2 aromatic carbocycles. The average Bonchev–Trinajstić information content (AvgIpc) is 3.24. The number of benzene rings is 2. The normalized spacial score (nSPS) is 15.2. The fraction of sp³-hybridized carbons (Fsp3) is 0.333. The van der Waals surface area contributed by atoms with Crippen LogP contribution in [0, 0.1) is 10.1 Å². The Labute approximate surface area is 174 Å². The van der Waals surface area contributed by atoms with Gasteiger partial charge in [0.15, 0.2) is 5.82 Å². The van der Waals surface area contributed by atoms with Crippen LogP contribution in [0.5, 0.6) is 5.75 Å². The lowest BCUT2D eigenvalue weighted by Gasteiger charge is -2.34. The lowest BCUT2D eigenvalue weighted by atomic mass is 10.2. The molecule has 0 radical (unpaired) electrons. The molecule has 9 heteroatoms. The van der Waals surface area contributed by atoms with Gasteiger partial charge in [-0.3, -0.25) is 19.9 Å². The molecule has 0 amide bonds. The van der Waals surface area contributed by atoms with E-state index in [9.17, 15) is 10.1 Å². The maximum atomic E-state index is 10.8. The van der Waals surface area contributed by atoms with Crippen molar-refractivity contribution < 1.29 is 9.66 Å². The molecule has 3 aromatic rings. The molecule has 0 spiro atoms. The molecule has 1 fully saturated rings. The van der Waals surface area contributed by atoms with Gasteiger partial charge in [0, 0.05) is 50.4 Å². The van der Waals surface area contributed by atoms with Gasteiger partial charge in [0.1, 0.15) is 18.7 Å². The first-order chi connectivity index (χ1) is 14.7. The number of piperazine rings is 1. The Morgan fingerprint density at radius 1 is 0.967 bits per heavy atom. The van der Waals surface area contributed by atoms with E-state index in [1.807, 2.05) is 35.0 Å². The zero-order valence-corrected chi connectivity index (χ0v) is 16.6. The minimum Gasteiger partial charge on any atom is -0.492 e. The van der Waals surface area contributed by atoms with E-state index in [-0.39, 0.29) is 5.69 Å². The van der Waals surface area contributed by atoms with Gasteiger partial charge in [-0.05, 0) is 24.3 Å². The zero-order chi connectivity index (χ0) is 20.8. The number of hydrogen-bond acceptors (Lipinski definition) is 7. The highest BCUT2D eigenvalue weighted by molar-refractivity contribution is 5.56. The number of nitro groups is 1. The van der Waals surface area contributed by atoms with Crippen molar-refractivity contribution in [2.75, 3.05) is 39.3 Å². The van der Waals surface area contributed by atoms with Gasteiger partial charge in [-0.2, -0.15) is 0 Å². The molecule has 30 heavy (non-hydrogen) atoms. The number of ether oxygens (including phenoxy) is 1. The maximum absolute atomic E-state index is 10.8. The molecule has 0 saturated carbocycles. The number of aromatic nitrogens is 3. The molecule has 9 nitrogen and oxygen atoms in total. The van der Waals surface area contributed by atoms with Crippen LogP contribution in [0.25, 0.3) is 11.4 Å². The molecule has 156 valence electrons. The molecule has 0 N–H and O–H groups in total. The van der Waals surface area contributed by atoms with Gasteiger partial charge >= 0.3 is 0 Å². The third-order valence-corrected chi connectivity index (χ3v) is 5.10. The summed E-state index contributed by atoms with van der Waals surface area (Å²) in [6.45, 7) is 6.16. The topological polar surface area (TPSA) is 89.6 Å². The molecule has 0 unspecified atom stereocenters. The number of non-ortho nitro benzene ring substituents is 1. The van der Waals surface area contributed by atoms with Crippen LogP contribution in [0.4, 0.5) is 5.69 Å². The first kappa shape index (κ1) is 20.0. The van der Waals surface area contributed by atoms with E-state index < -0.39 is 4.92 Å². The number of nitrogens with zero attached hydrogens (tertiary/aromatic N) is 6. The van der Waals surface area contributed by atoms with Crippen molar-refractivity contribution in [1.82, 2.24) is 24.6 Å². The first-order valence-corrected chi connectivity index (χ1v) is 9.94. The predicted molar refractivity (Wildman–Crippen MR) is 112 cm³/mol. The molecule has 1 aliphatic rings. The summed E-state index contributed by atoms with van der Waals surface area (Å²) in [7, 11) is 0. The predicted octanol–water partition coefficient (Wildman–Crippen LogP) is 2.51. The number of rotatable bonds is 8. The molecular weight excluding hydrogens is 384 g/mol. The third-order valence-electron chi connectivity index (χ3n) is 5.10. The van der Waals surface area contributed by atoms with E-state index in [1.165, 1.54) is 12.1 Å². The van der Waals surface area contributed by atoms with Crippen LogP contribution in [-0.2, 0) is 6.67 Å². The highest BCUT2D eigenvalue weighted by Crippen LogP contribution is 2.19. The Morgan fingerprint density at radius 2 is 1.67 bits per heavy atom. The quantitative estimate of drug-likeness (QED) is 0.418. The van der Waals surface area contributed by atoms with E-state index >= 15 is 0 Å². The fourth-order valence-corrected chi connectivity index (χ4v) is 3.40. The monoisotopic (exact) mass is 408 g/mol. The molecule has 0 aliphatic carbocycles. The second kappa shape index (κ2) is 9.47. The van der Waals surface area contributed by atoms with Crippen molar-refractivity contribution in [3.05, 3.63) is 71.0 Å². The van der Waals surface area contributed by atoms with Crippen molar-refractivity contribution in [3.63, 3.8) is 0 Å². The van der Waals surface area contributed by atoms with Crippen molar-refractivity contribution >= 4 is 5.69 Å². The third kappa shape index (κ3) is 5.19. The van der Waals surface area contributed by atoms with Gasteiger partial charge in [-0.1, -0.05) is 18.2 Å². The lowest BCUT2D eigenvalue weighted by Crippen LogP contribution is -2.47. The highest BCUT2D eigenvalue weighted by Gasteiger charge is 2.17.